The first-order chi connectivity index (χ1) is 17.6. The number of fused-ring (bicyclic) bond motifs is 3. The van der Waals surface area contributed by atoms with Crippen LogP contribution >= 0.6 is 0 Å². The second-order valence-corrected chi connectivity index (χ2v) is 10.4. The molecule has 2 aliphatic heterocycles. The molecule has 1 aliphatic carbocycles. The number of carbonyl (C=O) groups is 2. The molecule has 0 spiro atoms. The first-order valence-electron chi connectivity index (χ1n) is 13.1. The van der Waals surface area contributed by atoms with Crippen LogP contribution < -0.4 is 10.6 Å². The maximum atomic E-state index is 14.2. The Morgan fingerprint density at radius 3 is 2.58 bits per heavy atom. The van der Waals surface area contributed by atoms with Crippen molar-refractivity contribution >= 4 is 17.5 Å². The third-order valence-electron chi connectivity index (χ3n) is 8.32. The first-order valence-corrected chi connectivity index (χ1v) is 13.1. The summed E-state index contributed by atoms with van der Waals surface area (Å²) in [6.07, 6.45) is 8.44. The number of amides is 2. The predicted molar refractivity (Wildman–Crippen MR) is 138 cm³/mol. The molecule has 1 saturated heterocycles. The number of imidazole rings is 1. The van der Waals surface area contributed by atoms with E-state index >= 15 is 0 Å². The van der Waals surface area contributed by atoms with Crippen molar-refractivity contribution in [1.29, 1.82) is 0 Å². The van der Waals surface area contributed by atoms with E-state index < -0.39 is 0 Å². The van der Waals surface area contributed by atoms with Crippen molar-refractivity contribution in [2.45, 2.75) is 50.2 Å². The van der Waals surface area contributed by atoms with Crippen molar-refractivity contribution in [2.75, 3.05) is 11.9 Å². The van der Waals surface area contributed by atoms with Crippen molar-refractivity contribution in [1.82, 2.24) is 19.8 Å². The van der Waals surface area contributed by atoms with Crippen molar-refractivity contribution in [3.63, 3.8) is 0 Å². The number of aryl methyl sites for hydroxylation is 1. The zero-order chi connectivity index (χ0) is 24.6. The number of para-hydroxylation sites is 1. The Hall–Kier alpha value is -3.61. The number of carbonyl (C=O) groups excluding carboxylic acids is 2. The van der Waals surface area contributed by atoms with E-state index in [0.717, 1.165) is 50.2 Å². The van der Waals surface area contributed by atoms with Gasteiger partial charge in [-0.2, -0.15) is 0 Å². The average molecular weight is 484 g/mol. The molecule has 2 amide bonds. The van der Waals surface area contributed by atoms with Crippen LogP contribution in [0.2, 0.25) is 0 Å². The topological polar surface area (TPSA) is 79.3 Å². The van der Waals surface area contributed by atoms with E-state index in [1.807, 2.05) is 55.8 Å². The molecule has 5 atom stereocenters. The van der Waals surface area contributed by atoms with Crippen LogP contribution in [-0.4, -0.2) is 38.9 Å². The number of nitrogens with zero attached hydrogens (tertiary/aromatic N) is 3. The summed E-state index contributed by atoms with van der Waals surface area (Å²) < 4.78 is 2.07. The maximum absolute atomic E-state index is 14.2. The lowest BCUT2D eigenvalue weighted by molar-refractivity contribution is -0.138. The van der Waals surface area contributed by atoms with E-state index in [1.54, 1.807) is 0 Å². The lowest BCUT2D eigenvalue weighted by atomic mass is 9.80. The smallest absolute Gasteiger partial charge is 0.251 e. The summed E-state index contributed by atoms with van der Waals surface area (Å²) in [4.78, 5) is 33.9. The van der Waals surface area contributed by atoms with Gasteiger partial charge in [0.25, 0.3) is 5.91 Å². The van der Waals surface area contributed by atoms with Crippen LogP contribution in [0.4, 0.5) is 5.69 Å². The van der Waals surface area contributed by atoms with Gasteiger partial charge in [-0.3, -0.25) is 9.59 Å². The Morgan fingerprint density at radius 1 is 1.00 bits per heavy atom. The lowest BCUT2D eigenvalue weighted by Gasteiger charge is -2.41. The van der Waals surface area contributed by atoms with Crippen molar-refractivity contribution < 1.29 is 9.59 Å². The van der Waals surface area contributed by atoms with E-state index in [2.05, 4.69) is 43.3 Å². The van der Waals surface area contributed by atoms with Gasteiger partial charge in [-0.25, -0.2) is 4.98 Å². The molecular formula is C29H33N5O2. The van der Waals surface area contributed by atoms with Gasteiger partial charge in [0.2, 0.25) is 5.91 Å². The molecule has 1 aromatic heterocycles. The highest BCUT2D eigenvalue weighted by molar-refractivity contribution is 5.94. The van der Waals surface area contributed by atoms with Gasteiger partial charge in [-0.1, -0.05) is 49.2 Å². The number of anilines is 1. The Balaban J connectivity index is 1.28. The Bertz CT molecular complexity index is 1260. The van der Waals surface area contributed by atoms with Crippen LogP contribution in [0.1, 0.15) is 65.9 Å². The quantitative estimate of drug-likeness (QED) is 0.574. The van der Waals surface area contributed by atoms with Gasteiger partial charge in [0, 0.05) is 49.2 Å². The van der Waals surface area contributed by atoms with Crippen LogP contribution in [0.5, 0.6) is 0 Å². The third-order valence-corrected chi connectivity index (χ3v) is 8.32. The molecule has 6 rings (SSSR count). The average Bonchev–Trinajstić information content (AvgIpc) is 3.55. The van der Waals surface area contributed by atoms with Gasteiger partial charge in [0.1, 0.15) is 5.82 Å². The van der Waals surface area contributed by atoms with Crippen LogP contribution in [-0.2, 0) is 11.8 Å². The summed E-state index contributed by atoms with van der Waals surface area (Å²) >= 11 is 0. The SMILES string of the molecule is Cn1ccnc1[C@@H]1Nc2ccccc2[C@H]2[C@H]1CCN2C(=O)[C@H]1CCCC[C@H]1NC(=O)c1ccccc1. The molecule has 36 heavy (non-hydrogen) atoms. The highest BCUT2D eigenvalue weighted by Crippen LogP contribution is 2.51. The van der Waals surface area contributed by atoms with Crippen molar-refractivity contribution in [3.05, 3.63) is 83.9 Å². The number of benzene rings is 2. The molecule has 2 N–H and O–H groups in total. The molecule has 3 aliphatic rings. The number of hydrogen-bond donors (Lipinski definition) is 2. The Morgan fingerprint density at radius 2 is 1.78 bits per heavy atom. The van der Waals surface area contributed by atoms with Crippen LogP contribution in [0.25, 0.3) is 0 Å². The molecule has 7 heteroatoms. The Labute approximate surface area is 211 Å². The summed E-state index contributed by atoms with van der Waals surface area (Å²) in [5.41, 5.74) is 2.89. The van der Waals surface area contributed by atoms with Crippen molar-refractivity contribution in [3.8, 4) is 0 Å². The molecular weight excluding hydrogens is 450 g/mol. The van der Waals surface area contributed by atoms with Gasteiger partial charge in [0.05, 0.1) is 18.0 Å². The summed E-state index contributed by atoms with van der Waals surface area (Å²) in [5.74, 6) is 1.13. The van der Waals surface area contributed by atoms with Gasteiger partial charge >= 0.3 is 0 Å². The van der Waals surface area contributed by atoms with Gasteiger partial charge < -0.3 is 20.1 Å². The molecule has 2 aromatic carbocycles. The van der Waals surface area contributed by atoms with Crippen molar-refractivity contribution in [2.24, 2.45) is 18.9 Å². The van der Waals surface area contributed by atoms with E-state index in [0.29, 0.717) is 5.56 Å². The molecule has 186 valence electrons. The fourth-order valence-electron chi connectivity index (χ4n) is 6.56. The number of aromatic nitrogens is 2. The second kappa shape index (κ2) is 9.45. The summed E-state index contributed by atoms with van der Waals surface area (Å²) in [7, 11) is 2.03. The number of nitrogens with one attached hydrogen (secondary N) is 2. The maximum Gasteiger partial charge on any atom is 0.251 e. The van der Waals surface area contributed by atoms with E-state index in [4.69, 9.17) is 0 Å². The standard InChI is InChI=1S/C29H33N5O2/c1-33-18-16-30-27(33)25-22-15-17-34(26(22)20-11-5-7-13-23(20)31-25)29(36)21-12-6-8-14-24(21)32-28(35)19-9-3-2-4-10-19/h2-5,7,9-11,13,16,18,21-22,24-26,31H,6,8,12,14-15,17H2,1H3,(H,32,35)/t21-,22-,24+,25+,26-/m0/s1. The zero-order valence-electron chi connectivity index (χ0n) is 20.6. The summed E-state index contributed by atoms with van der Waals surface area (Å²) in [6.45, 7) is 0.723. The fraction of sp³-hybridized carbons (Fsp3) is 0.414. The molecule has 3 aromatic rings. The van der Waals surface area contributed by atoms with Crippen LogP contribution in [0, 0.1) is 11.8 Å². The van der Waals surface area contributed by atoms with Gasteiger partial charge in [-0.05, 0) is 43.0 Å². The fourth-order valence-corrected chi connectivity index (χ4v) is 6.56. The zero-order valence-corrected chi connectivity index (χ0v) is 20.6. The molecule has 0 radical (unpaired) electrons. The monoisotopic (exact) mass is 483 g/mol. The van der Waals surface area contributed by atoms with E-state index in [1.165, 1.54) is 5.56 Å². The summed E-state index contributed by atoms with van der Waals surface area (Å²) in [6, 6.07) is 17.6. The normalized spacial score (nSPS) is 27.0. The largest absolute Gasteiger partial charge is 0.375 e. The lowest BCUT2D eigenvalue weighted by Crippen LogP contribution is -2.50. The Kier molecular flexibility index (Phi) is 5.99. The highest BCUT2D eigenvalue weighted by Gasteiger charge is 2.49. The highest BCUT2D eigenvalue weighted by atomic mass is 16.2. The number of hydrogen-bond acceptors (Lipinski definition) is 4. The first kappa shape index (κ1) is 22.8. The number of rotatable bonds is 4. The minimum atomic E-state index is -0.196. The molecule has 2 fully saturated rings. The summed E-state index contributed by atoms with van der Waals surface area (Å²) in [5, 5.41) is 6.93. The van der Waals surface area contributed by atoms with Crippen LogP contribution in [0.15, 0.2) is 67.0 Å². The predicted octanol–water partition coefficient (Wildman–Crippen LogP) is 4.47. The van der Waals surface area contributed by atoms with Crippen LogP contribution in [0.3, 0.4) is 0 Å². The number of likely N-dealkylation sites (tertiary alicyclic amines) is 1. The second-order valence-electron chi connectivity index (χ2n) is 10.4. The minimum Gasteiger partial charge on any atom is -0.375 e. The molecule has 1 saturated carbocycles. The molecule has 3 heterocycles. The van der Waals surface area contributed by atoms with E-state index in [9.17, 15) is 9.59 Å². The molecule has 0 unspecified atom stereocenters. The third kappa shape index (κ3) is 3.96. The molecule has 0 bridgehead atoms. The molecule has 7 nitrogen and oxygen atoms in total. The van der Waals surface area contributed by atoms with E-state index in [-0.39, 0.29) is 41.8 Å². The minimum absolute atomic E-state index is 0.00375. The van der Waals surface area contributed by atoms with Gasteiger partial charge in [0.15, 0.2) is 0 Å². The van der Waals surface area contributed by atoms with Gasteiger partial charge in [-0.15, -0.1) is 0 Å².